The van der Waals surface area contributed by atoms with Crippen molar-refractivity contribution in [2.24, 2.45) is 11.8 Å². The number of nitrogens with zero attached hydrogens (tertiary/aromatic N) is 4. The number of ether oxygens (including phenoxy) is 1. The van der Waals surface area contributed by atoms with Crippen molar-refractivity contribution in [3.8, 4) is 17.0 Å². The number of hydrogen-bond acceptors (Lipinski definition) is 6. The lowest BCUT2D eigenvalue weighted by Crippen LogP contribution is -2.51. The van der Waals surface area contributed by atoms with E-state index in [1.807, 2.05) is 33.0 Å². The van der Waals surface area contributed by atoms with E-state index in [0.717, 1.165) is 30.4 Å². The topological polar surface area (TPSA) is 95.9 Å². The van der Waals surface area contributed by atoms with Gasteiger partial charge in [0.25, 0.3) is 5.91 Å². The quantitative estimate of drug-likeness (QED) is 0.724. The van der Waals surface area contributed by atoms with Crippen LogP contribution in [0.1, 0.15) is 43.5 Å². The molecule has 4 rings (SSSR count). The van der Waals surface area contributed by atoms with Crippen molar-refractivity contribution < 1.29 is 19.4 Å². The largest absolute Gasteiger partial charge is 0.472 e. The van der Waals surface area contributed by atoms with Crippen LogP contribution in [0.25, 0.3) is 11.1 Å². The third-order valence-corrected chi connectivity index (χ3v) is 6.82. The van der Waals surface area contributed by atoms with Gasteiger partial charge in [0, 0.05) is 49.6 Å². The number of fused-ring (bicyclic) bond motifs is 1. The first kappa shape index (κ1) is 23.2. The van der Waals surface area contributed by atoms with Gasteiger partial charge in [-0.1, -0.05) is 13.3 Å². The number of hydrogen-bond donors (Lipinski definition) is 1. The van der Waals surface area contributed by atoms with E-state index in [1.165, 1.54) is 0 Å². The highest BCUT2D eigenvalue weighted by Gasteiger charge is 2.36. The number of amides is 2. The predicted octanol–water partition coefficient (Wildman–Crippen LogP) is 2.62. The second-order valence-corrected chi connectivity index (χ2v) is 9.28. The minimum atomic E-state index is -0.356. The lowest BCUT2D eigenvalue weighted by molar-refractivity contribution is -0.138. The molecule has 1 aliphatic heterocycles. The average molecular weight is 453 g/mol. The molecule has 3 heterocycles. The van der Waals surface area contributed by atoms with Gasteiger partial charge in [-0.15, -0.1) is 0 Å². The molecule has 2 aromatic heterocycles. The maximum Gasteiger partial charge on any atom is 0.259 e. The Morgan fingerprint density at radius 2 is 2.03 bits per heavy atom. The summed E-state index contributed by atoms with van der Waals surface area (Å²) < 4.78 is 6.30. The molecule has 1 N–H and O–H groups in total. The van der Waals surface area contributed by atoms with Crippen molar-refractivity contribution in [1.29, 1.82) is 0 Å². The molecule has 8 nitrogen and oxygen atoms in total. The van der Waals surface area contributed by atoms with Crippen LogP contribution in [0, 0.1) is 11.8 Å². The van der Waals surface area contributed by atoms with Crippen molar-refractivity contribution in [3.05, 3.63) is 42.4 Å². The number of aliphatic hydroxyl groups is 1. The van der Waals surface area contributed by atoms with Crippen LogP contribution in [0.5, 0.6) is 5.88 Å². The van der Waals surface area contributed by atoms with Gasteiger partial charge in [-0.3, -0.25) is 14.6 Å². The zero-order valence-corrected chi connectivity index (χ0v) is 19.5. The first-order valence-corrected chi connectivity index (χ1v) is 11.6. The second kappa shape index (κ2) is 9.87. The maximum atomic E-state index is 13.5. The zero-order chi connectivity index (χ0) is 23.5. The molecule has 2 amide bonds. The highest BCUT2D eigenvalue weighted by Crippen LogP contribution is 2.31. The number of carbonyl (C=O) groups excluding carboxylic acids is 2. The van der Waals surface area contributed by atoms with E-state index in [0.29, 0.717) is 18.7 Å². The predicted molar refractivity (Wildman–Crippen MR) is 124 cm³/mol. The van der Waals surface area contributed by atoms with Gasteiger partial charge in [0.1, 0.15) is 11.7 Å². The summed E-state index contributed by atoms with van der Waals surface area (Å²) in [7, 11) is 1.82. The van der Waals surface area contributed by atoms with Gasteiger partial charge in [-0.2, -0.15) is 0 Å². The SMILES string of the molecule is C[C@H]1CN([C@@H](C)CO)C(=O)c2cc(-c3ccncc3)cnc2O[C@H]1CN(C)C(=O)C1CCC1. The maximum absolute atomic E-state index is 13.5. The van der Waals surface area contributed by atoms with E-state index < -0.39 is 0 Å². The molecular weight excluding hydrogens is 420 g/mol. The molecule has 176 valence electrons. The van der Waals surface area contributed by atoms with E-state index in [9.17, 15) is 14.7 Å². The lowest BCUT2D eigenvalue weighted by Gasteiger charge is -2.38. The summed E-state index contributed by atoms with van der Waals surface area (Å²) in [5.74, 6) is 0.235. The Hall–Kier alpha value is -3.00. The first-order chi connectivity index (χ1) is 15.9. The Morgan fingerprint density at radius 1 is 1.30 bits per heavy atom. The smallest absolute Gasteiger partial charge is 0.259 e. The van der Waals surface area contributed by atoms with E-state index >= 15 is 0 Å². The van der Waals surface area contributed by atoms with E-state index in [-0.39, 0.29) is 48.3 Å². The summed E-state index contributed by atoms with van der Waals surface area (Å²) in [5.41, 5.74) is 2.04. The second-order valence-electron chi connectivity index (χ2n) is 9.28. The number of aromatic nitrogens is 2. The number of aliphatic hydroxyl groups excluding tert-OH is 1. The molecule has 33 heavy (non-hydrogen) atoms. The molecule has 0 bridgehead atoms. The number of pyridine rings is 2. The Kier molecular flexibility index (Phi) is 6.93. The molecule has 8 heteroatoms. The third kappa shape index (κ3) is 4.85. The van der Waals surface area contributed by atoms with Crippen molar-refractivity contribution in [2.45, 2.75) is 45.3 Å². The van der Waals surface area contributed by atoms with Gasteiger partial charge in [0.05, 0.1) is 19.2 Å². The molecule has 1 aliphatic carbocycles. The molecule has 2 aliphatic rings. The van der Waals surface area contributed by atoms with Gasteiger partial charge in [0.2, 0.25) is 11.8 Å². The molecule has 0 spiro atoms. The summed E-state index contributed by atoms with van der Waals surface area (Å²) in [6.07, 6.45) is 7.74. The van der Waals surface area contributed by atoms with Gasteiger partial charge >= 0.3 is 0 Å². The van der Waals surface area contributed by atoms with Crippen molar-refractivity contribution >= 4 is 11.8 Å². The number of likely N-dealkylation sites (N-methyl/N-ethyl adjacent to an activating group) is 1. The molecule has 0 radical (unpaired) electrons. The van der Waals surface area contributed by atoms with Crippen LogP contribution in [-0.4, -0.2) is 75.6 Å². The molecule has 0 unspecified atom stereocenters. The van der Waals surface area contributed by atoms with Gasteiger partial charge in [-0.25, -0.2) is 4.98 Å². The monoisotopic (exact) mass is 452 g/mol. The summed E-state index contributed by atoms with van der Waals surface area (Å²) >= 11 is 0. The van der Waals surface area contributed by atoms with E-state index in [4.69, 9.17) is 4.74 Å². The van der Waals surface area contributed by atoms with Crippen LogP contribution < -0.4 is 4.74 Å². The number of rotatable bonds is 6. The lowest BCUT2D eigenvalue weighted by atomic mass is 9.84. The van der Waals surface area contributed by atoms with Crippen LogP contribution in [0.15, 0.2) is 36.8 Å². The molecule has 1 fully saturated rings. The summed E-state index contributed by atoms with van der Waals surface area (Å²) in [4.78, 5) is 38.2. The highest BCUT2D eigenvalue weighted by atomic mass is 16.5. The molecule has 0 saturated heterocycles. The van der Waals surface area contributed by atoms with Gasteiger partial charge in [-0.05, 0) is 43.5 Å². The average Bonchev–Trinajstić information content (AvgIpc) is 2.79. The zero-order valence-electron chi connectivity index (χ0n) is 19.5. The van der Waals surface area contributed by atoms with Gasteiger partial charge < -0.3 is 19.6 Å². The Bertz CT molecular complexity index is 995. The molecule has 1 saturated carbocycles. The van der Waals surface area contributed by atoms with E-state index in [2.05, 4.69) is 9.97 Å². The Labute approximate surface area is 194 Å². The van der Waals surface area contributed by atoms with Crippen molar-refractivity contribution in [2.75, 3.05) is 26.7 Å². The normalized spacial score (nSPS) is 21.8. The summed E-state index contributed by atoms with van der Waals surface area (Å²) in [6, 6.07) is 5.15. The molecule has 0 aromatic carbocycles. The molecular formula is C25H32N4O4. The fourth-order valence-electron chi connectivity index (χ4n) is 4.35. The Morgan fingerprint density at radius 3 is 2.67 bits per heavy atom. The first-order valence-electron chi connectivity index (χ1n) is 11.6. The summed E-state index contributed by atoms with van der Waals surface area (Å²) in [5, 5.41) is 9.81. The summed E-state index contributed by atoms with van der Waals surface area (Å²) in [6.45, 7) is 4.52. The van der Waals surface area contributed by atoms with Crippen LogP contribution in [0.3, 0.4) is 0 Å². The Balaban J connectivity index is 1.67. The van der Waals surface area contributed by atoms with E-state index in [1.54, 1.807) is 34.5 Å². The molecule has 2 aromatic rings. The van der Waals surface area contributed by atoms with Crippen LogP contribution in [0.2, 0.25) is 0 Å². The van der Waals surface area contributed by atoms with Crippen LogP contribution in [-0.2, 0) is 4.79 Å². The standard InChI is InChI=1S/C25H32N4O4/c1-16-13-29(17(2)15-30)25(32)21-11-20(18-7-9-26-10-8-18)12-27-23(21)33-22(16)14-28(3)24(31)19-5-4-6-19/h7-12,16-17,19,22,30H,4-6,13-15H2,1-3H3/t16-,17-,22-/m0/s1. The number of carbonyl (C=O) groups is 2. The fourth-order valence-corrected chi connectivity index (χ4v) is 4.35. The van der Waals surface area contributed by atoms with Crippen LogP contribution >= 0.6 is 0 Å². The highest BCUT2D eigenvalue weighted by molar-refractivity contribution is 5.98. The van der Waals surface area contributed by atoms with Gasteiger partial charge in [0.15, 0.2) is 0 Å². The minimum absolute atomic E-state index is 0.0607. The van der Waals surface area contributed by atoms with Crippen LogP contribution in [0.4, 0.5) is 0 Å². The third-order valence-electron chi connectivity index (χ3n) is 6.82. The minimum Gasteiger partial charge on any atom is -0.472 e. The van der Waals surface area contributed by atoms with Crippen molar-refractivity contribution in [1.82, 2.24) is 19.8 Å². The molecule has 3 atom stereocenters. The van der Waals surface area contributed by atoms with Crippen molar-refractivity contribution in [3.63, 3.8) is 0 Å². The fraction of sp³-hybridized carbons (Fsp3) is 0.520.